The normalized spacial score (nSPS) is 10.6. The third-order valence-electron chi connectivity index (χ3n) is 3.38. The Morgan fingerprint density at radius 3 is 2.86 bits per heavy atom. The molecule has 5 nitrogen and oxygen atoms in total. The van der Waals surface area contributed by atoms with Crippen molar-refractivity contribution in [2.75, 3.05) is 39.7 Å². The molecule has 1 heterocycles. The van der Waals surface area contributed by atoms with Gasteiger partial charge in [-0.1, -0.05) is 24.3 Å². The van der Waals surface area contributed by atoms with Gasteiger partial charge in [-0.15, -0.1) is 0 Å². The molecule has 0 saturated heterocycles. The highest BCUT2D eigenvalue weighted by Crippen LogP contribution is 2.22. The lowest BCUT2D eigenvalue weighted by Crippen LogP contribution is -2.29. The van der Waals surface area contributed by atoms with Gasteiger partial charge >= 0.3 is 0 Å². The Balaban J connectivity index is 2.27. The van der Waals surface area contributed by atoms with Crippen LogP contribution in [0.1, 0.15) is 16.9 Å². The van der Waals surface area contributed by atoms with Gasteiger partial charge in [-0.25, -0.2) is 4.98 Å². The molecule has 0 aliphatic rings. The highest BCUT2D eigenvalue weighted by molar-refractivity contribution is 6.00. The van der Waals surface area contributed by atoms with E-state index >= 15 is 0 Å². The fraction of sp³-hybridized carbons (Fsp3) is 0.375. The van der Waals surface area contributed by atoms with E-state index in [0.717, 1.165) is 23.0 Å². The van der Waals surface area contributed by atoms with Crippen LogP contribution < -0.4 is 5.32 Å². The van der Waals surface area contributed by atoms with Gasteiger partial charge in [-0.2, -0.15) is 0 Å². The summed E-state index contributed by atoms with van der Waals surface area (Å²) in [6.07, 6.45) is 0.811. The van der Waals surface area contributed by atoms with Gasteiger partial charge in [-0.05, 0) is 17.9 Å². The molecule has 0 spiro atoms. The topological polar surface area (TPSA) is 54.5 Å². The smallest absolute Gasteiger partial charge is 0.272 e. The van der Waals surface area contributed by atoms with Crippen LogP contribution in [0.4, 0.5) is 5.82 Å². The van der Waals surface area contributed by atoms with Gasteiger partial charge in [0.2, 0.25) is 0 Å². The molecular formula is C16H21N3O2. The average molecular weight is 287 g/mol. The van der Waals surface area contributed by atoms with Crippen molar-refractivity contribution in [1.29, 1.82) is 0 Å². The highest BCUT2D eigenvalue weighted by Gasteiger charge is 2.15. The first-order valence-corrected chi connectivity index (χ1v) is 6.99. The zero-order valence-electron chi connectivity index (χ0n) is 12.7. The molecule has 21 heavy (non-hydrogen) atoms. The number of ether oxygens (including phenoxy) is 1. The van der Waals surface area contributed by atoms with Crippen LogP contribution >= 0.6 is 0 Å². The van der Waals surface area contributed by atoms with E-state index in [4.69, 9.17) is 4.74 Å². The van der Waals surface area contributed by atoms with Crippen molar-refractivity contribution in [1.82, 2.24) is 9.88 Å². The maximum Gasteiger partial charge on any atom is 0.272 e. The Morgan fingerprint density at radius 1 is 1.38 bits per heavy atom. The second-order valence-electron chi connectivity index (χ2n) is 4.90. The molecule has 0 aliphatic carbocycles. The number of methoxy groups -OCH3 is 1. The van der Waals surface area contributed by atoms with Gasteiger partial charge in [-0.3, -0.25) is 4.79 Å². The molecule has 1 aromatic heterocycles. The molecular weight excluding hydrogens is 266 g/mol. The van der Waals surface area contributed by atoms with Crippen LogP contribution in [0.25, 0.3) is 10.8 Å². The molecule has 1 N–H and O–H groups in total. The molecule has 0 aliphatic heterocycles. The number of amides is 1. The van der Waals surface area contributed by atoms with Crippen LogP contribution in [0.5, 0.6) is 0 Å². The molecule has 0 radical (unpaired) electrons. The molecule has 0 unspecified atom stereocenters. The van der Waals surface area contributed by atoms with Crippen molar-refractivity contribution >= 4 is 22.5 Å². The lowest BCUT2D eigenvalue weighted by Gasteiger charge is -2.17. The SMILES string of the molecule is CNc1nc(C(=O)N(C)CCCOC)cc2ccccc12. The lowest BCUT2D eigenvalue weighted by atomic mass is 10.1. The molecule has 5 heteroatoms. The third kappa shape index (κ3) is 3.49. The molecule has 1 aromatic carbocycles. The summed E-state index contributed by atoms with van der Waals surface area (Å²) in [4.78, 5) is 18.6. The van der Waals surface area contributed by atoms with E-state index in [1.54, 1.807) is 19.1 Å². The maximum atomic E-state index is 12.4. The highest BCUT2D eigenvalue weighted by atomic mass is 16.5. The van der Waals surface area contributed by atoms with Gasteiger partial charge < -0.3 is 15.0 Å². The number of carbonyl (C=O) groups is 1. The first-order valence-electron chi connectivity index (χ1n) is 6.99. The lowest BCUT2D eigenvalue weighted by molar-refractivity contribution is 0.0774. The summed E-state index contributed by atoms with van der Waals surface area (Å²) in [5, 5.41) is 5.07. The summed E-state index contributed by atoms with van der Waals surface area (Å²) in [5.41, 5.74) is 0.456. The Bertz CT molecular complexity index is 628. The molecule has 0 atom stereocenters. The Morgan fingerprint density at radius 2 is 2.14 bits per heavy atom. The number of fused-ring (bicyclic) bond motifs is 1. The number of rotatable bonds is 6. The number of benzene rings is 1. The number of nitrogens with one attached hydrogen (secondary N) is 1. The van der Waals surface area contributed by atoms with E-state index in [2.05, 4.69) is 10.3 Å². The Hall–Kier alpha value is -2.14. The zero-order chi connectivity index (χ0) is 15.2. The Labute approximate surface area is 124 Å². The number of anilines is 1. The summed E-state index contributed by atoms with van der Waals surface area (Å²) in [5.74, 6) is 0.648. The van der Waals surface area contributed by atoms with Gasteiger partial charge in [0.1, 0.15) is 11.5 Å². The number of hydrogen-bond donors (Lipinski definition) is 1. The van der Waals surface area contributed by atoms with Gasteiger partial charge in [0.15, 0.2) is 0 Å². The maximum absolute atomic E-state index is 12.4. The second-order valence-corrected chi connectivity index (χ2v) is 4.90. The fourth-order valence-electron chi connectivity index (χ4n) is 2.24. The summed E-state index contributed by atoms with van der Waals surface area (Å²) in [6.45, 7) is 1.29. The second kappa shape index (κ2) is 7.04. The minimum atomic E-state index is -0.0756. The van der Waals surface area contributed by atoms with Crippen LogP contribution in [0.15, 0.2) is 30.3 Å². The number of aromatic nitrogens is 1. The van der Waals surface area contributed by atoms with E-state index in [-0.39, 0.29) is 5.91 Å². The van der Waals surface area contributed by atoms with Crippen molar-refractivity contribution < 1.29 is 9.53 Å². The molecule has 2 rings (SSSR count). The first kappa shape index (κ1) is 15.3. The summed E-state index contributed by atoms with van der Waals surface area (Å²) >= 11 is 0. The van der Waals surface area contributed by atoms with Gasteiger partial charge in [0.25, 0.3) is 5.91 Å². The molecule has 1 amide bonds. The monoisotopic (exact) mass is 287 g/mol. The fourth-order valence-corrected chi connectivity index (χ4v) is 2.24. The van der Waals surface area contributed by atoms with Crippen molar-refractivity contribution in [3.63, 3.8) is 0 Å². The minimum absolute atomic E-state index is 0.0756. The largest absolute Gasteiger partial charge is 0.385 e. The van der Waals surface area contributed by atoms with E-state index in [1.807, 2.05) is 37.4 Å². The summed E-state index contributed by atoms with van der Waals surface area (Å²) in [7, 11) is 5.26. The van der Waals surface area contributed by atoms with Gasteiger partial charge in [0.05, 0.1) is 0 Å². The standard InChI is InChI=1S/C16H21N3O2/c1-17-15-13-8-5-4-7-12(13)11-14(18-15)16(20)19(2)9-6-10-21-3/h4-5,7-8,11H,6,9-10H2,1-3H3,(H,17,18). The summed E-state index contributed by atoms with van der Waals surface area (Å²) in [6, 6.07) is 9.73. The first-order chi connectivity index (χ1) is 10.2. The predicted molar refractivity (Wildman–Crippen MR) is 84.7 cm³/mol. The zero-order valence-corrected chi connectivity index (χ0v) is 12.7. The molecule has 2 aromatic rings. The predicted octanol–water partition coefficient (Wildman–Crippen LogP) is 2.38. The van der Waals surface area contributed by atoms with Crippen LogP contribution in [-0.2, 0) is 4.74 Å². The van der Waals surface area contributed by atoms with Gasteiger partial charge in [0, 0.05) is 39.7 Å². The third-order valence-corrected chi connectivity index (χ3v) is 3.38. The van der Waals surface area contributed by atoms with Crippen LogP contribution in [0.2, 0.25) is 0 Å². The van der Waals surface area contributed by atoms with Crippen LogP contribution in [0.3, 0.4) is 0 Å². The van der Waals surface area contributed by atoms with Crippen LogP contribution in [-0.4, -0.2) is 50.1 Å². The van der Waals surface area contributed by atoms with Crippen molar-refractivity contribution in [3.05, 3.63) is 36.0 Å². The van der Waals surface area contributed by atoms with Crippen molar-refractivity contribution in [3.8, 4) is 0 Å². The van der Waals surface area contributed by atoms with E-state index in [1.165, 1.54) is 0 Å². The Kier molecular flexibility index (Phi) is 5.11. The van der Waals surface area contributed by atoms with Crippen molar-refractivity contribution in [2.24, 2.45) is 0 Å². The number of carbonyl (C=O) groups excluding carboxylic acids is 1. The number of hydrogen-bond acceptors (Lipinski definition) is 4. The molecule has 112 valence electrons. The summed E-state index contributed by atoms with van der Waals surface area (Å²) < 4.78 is 5.01. The van der Waals surface area contributed by atoms with Crippen LogP contribution in [0, 0.1) is 0 Å². The molecule has 0 fully saturated rings. The molecule has 0 bridgehead atoms. The quantitative estimate of drug-likeness (QED) is 0.829. The number of pyridine rings is 1. The molecule has 0 saturated carbocycles. The van der Waals surface area contributed by atoms with E-state index in [0.29, 0.717) is 18.8 Å². The average Bonchev–Trinajstić information content (AvgIpc) is 2.53. The minimum Gasteiger partial charge on any atom is -0.385 e. The van der Waals surface area contributed by atoms with Crippen molar-refractivity contribution in [2.45, 2.75) is 6.42 Å². The van der Waals surface area contributed by atoms with E-state index < -0.39 is 0 Å². The van der Waals surface area contributed by atoms with E-state index in [9.17, 15) is 4.79 Å². The number of nitrogens with zero attached hydrogens (tertiary/aromatic N) is 2.